The Kier molecular flexibility index (Phi) is 9.82. The number of amides is 1. The first-order valence-electron chi connectivity index (χ1n) is 10.2. The molecule has 178 valence electrons. The third-order valence-corrected chi connectivity index (χ3v) is 6.00. The van der Waals surface area contributed by atoms with E-state index < -0.39 is 27.3 Å². The van der Waals surface area contributed by atoms with Crippen LogP contribution in [0.15, 0.2) is 6.20 Å². The van der Waals surface area contributed by atoms with Gasteiger partial charge < -0.3 is 38.0 Å². The number of aromatic nitrogens is 3. The Bertz CT molecular complexity index is 808. The minimum Gasteiger partial charge on any atom is -0.779 e. The molecule has 0 radical (unpaired) electrons. The first-order chi connectivity index (χ1) is 14.4. The van der Waals surface area contributed by atoms with Crippen molar-refractivity contribution in [1.29, 1.82) is 0 Å². The summed E-state index contributed by atoms with van der Waals surface area (Å²) in [5.74, 6) is -0.172. The number of aliphatic hydroxyl groups excluding tert-OH is 1. The molecule has 0 saturated carbocycles. The second-order valence-electron chi connectivity index (χ2n) is 7.79. The van der Waals surface area contributed by atoms with Crippen molar-refractivity contribution in [2.45, 2.75) is 57.2 Å². The topological polar surface area (TPSA) is 170 Å². The third-order valence-electron chi connectivity index (χ3n) is 4.73. The molecule has 2 rings (SSSR count). The number of nitrogens with zero attached hydrogens (tertiary/aromatic N) is 4. The molecule has 4 unspecified atom stereocenters. The number of hydrogen-bond donors (Lipinski definition) is 1. The number of likely N-dealkylation sites (tertiary alicyclic amines) is 1. The Morgan fingerprint density at radius 2 is 1.94 bits per heavy atom. The molecule has 2 heterocycles. The second kappa shape index (κ2) is 11.7. The van der Waals surface area contributed by atoms with Crippen molar-refractivity contribution in [3.8, 4) is 0 Å². The summed E-state index contributed by atoms with van der Waals surface area (Å²) in [4.78, 5) is 36.1. The molecule has 1 aliphatic rings. The number of carbonyl (C=O) groups excluding carboxylic acids is 1. The lowest BCUT2D eigenvalue weighted by atomic mass is 10.2. The first kappa shape index (κ1) is 26.1. The van der Waals surface area contributed by atoms with Crippen molar-refractivity contribution in [1.82, 2.24) is 19.9 Å². The quantitative estimate of drug-likeness (QED) is 0.293. The lowest BCUT2D eigenvalue weighted by Crippen LogP contribution is -2.38. The minimum atomic E-state index is -3.90. The Labute approximate surface area is 181 Å². The minimum absolute atomic E-state index is 0.148. The van der Waals surface area contributed by atoms with Gasteiger partial charge in [-0.1, -0.05) is 5.21 Å². The number of aliphatic hydroxyl groups is 1. The monoisotopic (exact) mass is 480 g/mol. The summed E-state index contributed by atoms with van der Waals surface area (Å²) in [6, 6.07) is -0.463. The van der Waals surface area contributed by atoms with E-state index in [-0.39, 0.29) is 38.5 Å². The largest absolute Gasteiger partial charge is 0.779 e. The lowest BCUT2D eigenvalue weighted by Gasteiger charge is -2.27. The molecule has 1 aromatic heterocycles. The van der Waals surface area contributed by atoms with Crippen molar-refractivity contribution >= 4 is 21.1 Å². The van der Waals surface area contributed by atoms with Gasteiger partial charge in [0.15, 0.2) is 0 Å². The van der Waals surface area contributed by atoms with Gasteiger partial charge >= 0.3 is 0 Å². The van der Waals surface area contributed by atoms with Crippen LogP contribution in [0.3, 0.4) is 0 Å². The number of aryl methyl sites for hydroxylation is 2. The molecule has 1 fully saturated rings. The van der Waals surface area contributed by atoms with Gasteiger partial charge in [-0.05, 0) is 32.1 Å². The van der Waals surface area contributed by atoms with E-state index in [0.717, 1.165) is 19.0 Å². The number of rotatable bonds is 13. The molecule has 14 heteroatoms. The molecule has 0 aliphatic carbocycles. The molecule has 1 N–H and O–H groups in total. The highest BCUT2D eigenvalue weighted by molar-refractivity contribution is 7.50. The van der Waals surface area contributed by atoms with E-state index in [1.54, 1.807) is 10.9 Å². The van der Waals surface area contributed by atoms with Crippen molar-refractivity contribution in [3.05, 3.63) is 11.9 Å². The van der Waals surface area contributed by atoms with Crippen LogP contribution in [0.2, 0.25) is 0 Å². The summed E-state index contributed by atoms with van der Waals surface area (Å²) in [6.45, 7) is 2.66. The predicted molar refractivity (Wildman–Crippen MR) is 107 cm³/mol. The maximum atomic E-state index is 12.5. The van der Waals surface area contributed by atoms with Crippen LogP contribution in [0, 0.1) is 0 Å². The van der Waals surface area contributed by atoms with Crippen molar-refractivity contribution < 1.29 is 37.9 Å². The summed E-state index contributed by atoms with van der Waals surface area (Å²) in [7, 11) is -7.58. The van der Waals surface area contributed by atoms with E-state index in [1.165, 1.54) is 4.90 Å². The Morgan fingerprint density at radius 1 is 1.23 bits per heavy atom. The highest BCUT2D eigenvalue weighted by Crippen LogP contribution is 2.33. The van der Waals surface area contributed by atoms with Crippen LogP contribution < -0.4 is 9.79 Å². The van der Waals surface area contributed by atoms with Crippen LogP contribution in [0.5, 0.6) is 0 Å². The van der Waals surface area contributed by atoms with Crippen molar-refractivity contribution in [3.63, 3.8) is 0 Å². The first-order valence-corrected chi connectivity index (χ1v) is 14.1. The molecule has 0 spiro atoms. The van der Waals surface area contributed by atoms with Gasteiger partial charge in [-0.25, -0.2) is 0 Å². The molecule has 12 nitrogen and oxygen atoms in total. The molecular formula is C17H30N4O8P2-2. The Hall–Kier alpha value is -1.13. The fourth-order valence-corrected chi connectivity index (χ4v) is 4.22. The van der Waals surface area contributed by atoms with Gasteiger partial charge in [-0.15, -0.1) is 5.10 Å². The highest BCUT2D eigenvalue weighted by atomic mass is 31.2. The van der Waals surface area contributed by atoms with Crippen LogP contribution in [-0.2, 0) is 35.9 Å². The van der Waals surface area contributed by atoms with E-state index >= 15 is 0 Å². The smallest absolute Gasteiger partial charge is 0.223 e. The summed E-state index contributed by atoms with van der Waals surface area (Å²) in [6.07, 6.45) is 4.06. The Morgan fingerprint density at radius 3 is 2.61 bits per heavy atom. The van der Waals surface area contributed by atoms with Crippen LogP contribution in [0.1, 0.15) is 37.8 Å². The van der Waals surface area contributed by atoms with Crippen molar-refractivity contribution in [2.75, 3.05) is 33.1 Å². The lowest BCUT2D eigenvalue weighted by molar-refractivity contribution is -0.198. The summed E-state index contributed by atoms with van der Waals surface area (Å²) in [5.41, 5.74) is 0.773. The Balaban J connectivity index is 1.69. The molecular weight excluding hydrogens is 450 g/mol. The van der Waals surface area contributed by atoms with Gasteiger partial charge in [0.05, 0.1) is 31.1 Å². The number of carbonyl (C=O) groups is 1. The van der Waals surface area contributed by atoms with Crippen LogP contribution >= 0.6 is 15.2 Å². The van der Waals surface area contributed by atoms with Crippen LogP contribution in [-0.4, -0.2) is 76.1 Å². The molecule has 1 saturated heterocycles. The zero-order chi connectivity index (χ0) is 23.1. The number of unbranched alkanes of at least 4 members (excludes halogenated alkanes) is 1. The van der Waals surface area contributed by atoms with Gasteiger partial charge in [-0.3, -0.25) is 9.48 Å². The van der Waals surface area contributed by atoms with E-state index in [4.69, 9.17) is 9.05 Å². The molecule has 1 aliphatic heterocycles. The third kappa shape index (κ3) is 10.4. The fraction of sp³-hybridized carbons (Fsp3) is 0.824. The van der Waals surface area contributed by atoms with E-state index in [1.807, 2.05) is 0 Å². The highest BCUT2D eigenvalue weighted by Gasteiger charge is 2.34. The molecule has 0 bridgehead atoms. The van der Waals surface area contributed by atoms with Crippen LogP contribution in [0.25, 0.3) is 0 Å². The summed E-state index contributed by atoms with van der Waals surface area (Å²) >= 11 is 0. The van der Waals surface area contributed by atoms with Gasteiger partial charge in [0, 0.05) is 39.0 Å². The molecule has 1 aromatic rings. The van der Waals surface area contributed by atoms with E-state index in [0.29, 0.717) is 32.2 Å². The maximum Gasteiger partial charge on any atom is 0.223 e. The van der Waals surface area contributed by atoms with Gasteiger partial charge in [0.1, 0.15) is 15.2 Å². The molecule has 1 amide bonds. The van der Waals surface area contributed by atoms with Crippen molar-refractivity contribution in [2.24, 2.45) is 0 Å². The van der Waals surface area contributed by atoms with E-state index in [9.17, 15) is 28.8 Å². The predicted octanol–water partition coefficient (Wildman–Crippen LogP) is -0.258. The summed E-state index contributed by atoms with van der Waals surface area (Å²) in [5, 5.41) is 17.9. The summed E-state index contributed by atoms with van der Waals surface area (Å²) < 4.78 is 33.3. The van der Waals surface area contributed by atoms with Gasteiger partial charge in [0.25, 0.3) is 0 Å². The fourth-order valence-electron chi connectivity index (χ4n) is 3.31. The average molecular weight is 480 g/mol. The standard InChI is InChI=1S/C17H32N4O8P2/c1-30(24,25)28-9-4-3-6-14-11-20(19-18-14)8-5-7-17(23)21-12-16(22)10-15(21)13-29-31(2,26)27/h11,15-16,22H,3-10,12-13H2,1-2H3,(H,24,25)(H,26,27)/p-2. The van der Waals surface area contributed by atoms with Gasteiger partial charge in [0.2, 0.25) is 5.91 Å². The molecule has 31 heavy (non-hydrogen) atoms. The maximum absolute atomic E-state index is 12.5. The zero-order valence-electron chi connectivity index (χ0n) is 17.8. The average Bonchev–Trinajstić information content (AvgIpc) is 3.24. The number of hydrogen-bond acceptors (Lipinski definition) is 10. The van der Waals surface area contributed by atoms with Crippen LogP contribution in [0.4, 0.5) is 0 Å². The zero-order valence-corrected chi connectivity index (χ0v) is 19.6. The molecule has 4 atom stereocenters. The second-order valence-corrected chi connectivity index (χ2v) is 11.4. The SMILES string of the molecule is CP(=O)([O-])OCCCCc1cn(CCCC(=O)N2CC(O)CC2COP(C)(=O)[O-])nn1. The van der Waals surface area contributed by atoms with E-state index in [2.05, 4.69) is 10.3 Å². The normalized spacial score (nSPS) is 22.9. The molecule has 0 aromatic carbocycles. The number of β-amino-alcohol motifs (C(OH)–C–C–N with tert-alkyl or cyclic N) is 1. The van der Waals surface area contributed by atoms with Gasteiger partial charge in [-0.2, -0.15) is 0 Å².